The van der Waals surface area contributed by atoms with Crippen LogP contribution in [0.4, 0.5) is 0 Å². The molecule has 3 atom stereocenters. The molecule has 1 heterocycles. The lowest BCUT2D eigenvalue weighted by Crippen LogP contribution is -2.37. The Kier molecular flexibility index (Phi) is 7.44. The summed E-state index contributed by atoms with van der Waals surface area (Å²) in [6.45, 7) is 3.34. The van der Waals surface area contributed by atoms with E-state index in [4.69, 9.17) is 11.6 Å². The average Bonchev–Trinajstić information content (AvgIpc) is 3.01. The summed E-state index contributed by atoms with van der Waals surface area (Å²) in [5, 5.41) is 12.4. The smallest absolute Gasteiger partial charge is 0.0948 e. The second kappa shape index (κ2) is 9.63. The third-order valence-electron chi connectivity index (χ3n) is 6.58. The zero-order chi connectivity index (χ0) is 18.7. The van der Waals surface area contributed by atoms with E-state index < -0.39 is 5.60 Å². The van der Waals surface area contributed by atoms with Crippen LogP contribution in [0.5, 0.6) is 0 Å². The van der Waals surface area contributed by atoms with Gasteiger partial charge >= 0.3 is 0 Å². The molecule has 2 aromatic carbocycles. The summed E-state index contributed by atoms with van der Waals surface area (Å²) in [6, 6.07) is 18.1. The minimum absolute atomic E-state index is 0. The van der Waals surface area contributed by atoms with Gasteiger partial charge in [-0.3, -0.25) is 0 Å². The first-order chi connectivity index (χ1) is 13.1. The third-order valence-corrected chi connectivity index (χ3v) is 6.83. The fraction of sp³-hybridized carbons (Fsp3) is 0.500. The second-order valence-electron chi connectivity index (χ2n) is 8.59. The largest absolute Gasteiger partial charge is 0.385 e. The minimum atomic E-state index is -0.864. The van der Waals surface area contributed by atoms with E-state index >= 15 is 0 Å². The zero-order valence-corrected chi connectivity index (χ0v) is 18.0. The molecule has 1 saturated heterocycles. The van der Waals surface area contributed by atoms with Crippen molar-refractivity contribution in [2.45, 2.75) is 44.1 Å². The van der Waals surface area contributed by atoms with Gasteiger partial charge in [-0.25, -0.2) is 0 Å². The predicted molar refractivity (Wildman–Crippen MR) is 119 cm³/mol. The number of rotatable bonds is 6. The lowest BCUT2D eigenvalue weighted by molar-refractivity contribution is 0.0160. The van der Waals surface area contributed by atoms with Crippen LogP contribution in [0, 0.1) is 11.8 Å². The standard InChI is InChI=1S/C24H30ClNO.ClH/c25-23-10-8-22(9-11-23)24(27,17-20-4-2-1-3-5-20)13-15-26-14-12-19-6-7-21(16-19)18-26;/h1-5,8-11,19,21,27H,6-7,12-18H2;1H. The van der Waals surface area contributed by atoms with Crippen molar-refractivity contribution in [3.63, 3.8) is 0 Å². The number of benzene rings is 2. The summed E-state index contributed by atoms with van der Waals surface area (Å²) in [5.41, 5.74) is 1.27. The monoisotopic (exact) mass is 419 g/mol. The van der Waals surface area contributed by atoms with Gasteiger partial charge in [-0.15, -0.1) is 12.4 Å². The van der Waals surface area contributed by atoms with Crippen molar-refractivity contribution in [3.8, 4) is 0 Å². The Balaban J connectivity index is 0.00000225. The quantitative estimate of drug-likeness (QED) is 0.648. The van der Waals surface area contributed by atoms with Crippen molar-refractivity contribution in [1.29, 1.82) is 0 Å². The molecule has 0 radical (unpaired) electrons. The van der Waals surface area contributed by atoms with Crippen LogP contribution in [0.15, 0.2) is 54.6 Å². The van der Waals surface area contributed by atoms with Crippen LogP contribution in [-0.4, -0.2) is 29.6 Å². The molecule has 2 fully saturated rings. The Morgan fingerprint density at radius 3 is 2.43 bits per heavy atom. The molecule has 4 rings (SSSR count). The number of halogens is 2. The van der Waals surface area contributed by atoms with Crippen molar-refractivity contribution >= 4 is 24.0 Å². The molecule has 2 nitrogen and oxygen atoms in total. The average molecular weight is 420 g/mol. The second-order valence-corrected chi connectivity index (χ2v) is 9.02. The predicted octanol–water partition coefficient (Wildman–Crippen LogP) is 5.70. The maximum atomic E-state index is 11.7. The van der Waals surface area contributed by atoms with Crippen molar-refractivity contribution in [2.75, 3.05) is 19.6 Å². The molecule has 1 aliphatic carbocycles. The molecule has 0 aromatic heterocycles. The Morgan fingerprint density at radius 2 is 1.68 bits per heavy atom. The normalized spacial score (nSPS) is 24.2. The first-order valence-electron chi connectivity index (χ1n) is 10.4. The number of hydrogen-bond acceptors (Lipinski definition) is 2. The van der Waals surface area contributed by atoms with Crippen LogP contribution >= 0.6 is 24.0 Å². The molecule has 1 N–H and O–H groups in total. The highest BCUT2D eigenvalue weighted by molar-refractivity contribution is 6.30. The molecule has 4 heteroatoms. The van der Waals surface area contributed by atoms with E-state index in [0.29, 0.717) is 11.4 Å². The summed E-state index contributed by atoms with van der Waals surface area (Å²) in [5.74, 6) is 1.81. The number of fused-ring (bicyclic) bond motifs is 2. The molecule has 1 aliphatic heterocycles. The fourth-order valence-corrected chi connectivity index (χ4v) is 5.13. The molecule has 3 unspecified atom stereocenters. The summed E-state index contributed by atoms with van der Waals surface area (Å²) in [4.78, 5) is 2.59. The Bertz CT molecular complexity index is 736. The van der Waals surface area contributed by atoms with Crippen LogP contribution in [0.1, 0.15) is 43.2 Å². The highest BCUT2D eigenvalue weighted by Crippen LogP contribution is 2.37. The van der Waals surface area contributed by atoms with Gasteiger partial charge < -0.3 is 10.0 Å². The molecule has 0 spiro atoms. The van der Waals surface area contributed by atoms with Gasteiger partial charge in [0.25, 0.3) is 0 Å². The Morgan fingerprint density at radius 1 is 0.964 bits per heavy atom. The number of hydrogen-bond donors (Lipinski definition) is 1. The molecule has 152 valence electrons. The van der Waals surface area contributed by atoms with Crippen LogP contribution in [0.25, 0.3) is 0 Å². The van der Waals surface area contributed by atoms with Gasteiger partial charge in [0.2, 0.25) is 0 Å². The van der Waals surface area contributed by atoms with Gasteiger partial charge in [0.15, 0.2) is 0 Å². The number of aliphatic hydroxyl groups is 1. The summed E-state index contributed by atoms with van der Waals surface area (Å²) < 4.78 is 0. The van der Waals surface area contributed by atoms with Crippen LogP contribution in [0.3, 0.4) is 0 Å². The van der Waals surface area contributed by atoms with Crippen molar-refractivity contribution in [2.24, 2.45) is 11.8 Å². The fourth-order valence-electron chi connectivity index (χ4n) is 5.00. The van der Waals surface area contributed by atoms with E-state index in [9.17, 15) is 5.11 Å². The summed E-state index contributed by atoms with van der Waals surface area (Å²) >= 11 is 6.09. The van der Waals surface area contributed by atoms with E-state index in [1.54, 1.807) is 0 Å². The molecule has 2 bridgehead atoms. The Labute approximate surface area is 180 Å². The molecule has 28 heavy (non-hydrogen) atoms. The SMILES string of the molecule is Cl.OC(CCN1CCC2CCC(C2)C1)(Cc1ccccc1)c1ccc(Cl)cc1. The van der Waals surface area contributed by atoms with Gasteiger partial charge in [0.1, 0.15) is 0 Å². The summed E-state index contributed by atoms with van der Waals surface area (Å²) in [7, 11) is 0. The minimum Gasteiger partial charge on any atom is -0.385 e. The lowest BCUT2D eigenvalue weighted by atomic mass is 9.84. The first-order valence-corrected chi connectivity index (χ1v) is 10.7. The zero-order valence-electron chi connectivity index (χ0n) is 16.4. The lowest BCUT2D eigenvalue weighted by Gasteiger charge is -2.33. The van der Waals surface area contributed by atoms with E-state index in [1.165, 1.54) is 44.3 Å². The topological polar surface area (TPSA) is 23.5 Å². The van der Waals surface area contributed by atoms with Gasteiger partial charge in [-0.1, -0.05) is 60.5 Å². The molecular weight excluding hydrogens is 389 g/mol. The molecule has 2 aliphatic rings. The summed E-state index contributed by atoms with van der Waals surface area (Å²) in [6.07, 6.45) is 6.96. The first kappa shape index (κ1) is 21.6. The highest BCUT2D eigenvalue weighted by Gasteiger charge is 2.33. The van der Waals surface area contributed by atoms with Crippen LogP contribution in [-0.2, 0) is 12.0 Å². The van der Waals surface area contributed by atoms with Crippen molar-refractivity contribution in [3.05, 3.63) is 70.7 Å². The van der Waals surface area contributed by atoms with E-state index in [2.05, 4.69) is 17.0 Å². The van der Waals surface area contributed by atoms with Gasteiger partial charge in [0.05, 0.1) is 5.60 Å². The number of nitrogens with zero attached hydrogens (tertiary/aromatic N) is 1. The molecule has 1 saturated carbocycles. The van der Waals surface area contributed by atoms with E-state index in [-0.39, 0.29) is 12.4 Å². The van der Waals surface area contributed by atoms with Gasteiger partial charge in [-0.2, -0.15) is 0 Å². The van der Waals surface area contributed by atoms with Gasteiger partial charge in [0, 0.05) is 24.5 Å². The van der Waals surface area contributed by atoms with Crippen molar-refractivity contribution < 1.29 is 5.11 Å². The third kappa shape index (κ3) is 5.30. The molecule has 2 aromatic rings. The van der Waals surface area contributed by atoms with E-state index in [1.807, 2.05) is 42.5 Å². The van der Waals surface area contributed by atoms with Crippen LogP contribution in [0.2, 0.25) is 5.02 Å². The van der Waals surface area contributed by atoms with Crippen molar-refractivity contribution in [1.82, 2.24) is 4.90 Å². The maximum absolute atomic E-state index is 11.7. The molecule has 0 amide bonds. The van der Waals surface area contributed by atoms with E-state index in [0.717, 1.165) is 30.4 Å². The number of likely N-dealkylation sites (tertiary alicyclic amines) is 1. The highest BCUT2D eigenvalue weighted by atomic mass is 35.5. The van der Waals surface area contributed by atoms with Crippen LogP contribution < -0.4 is 0 Å². The molecular formula is C24H31Cl2NO. The maximum Gasteiger partial charge on any atom is 0.0948 e. The Hall–Kier alpha value is -1.06. The van der Waals surface area contributed by atoms with Gasteiger partial charge in [-0.05, 0) is 67.3 Å².